The number of ether oxygens (including phenoxy) is 1. The van der Waals surface area contributed by atoms with Gasteiger partial charge in [-0.2, -0.15) is 9.04 Å². The first-order valence-electron chi connectivity index (χ1n) is 13.8. The number of rotatable bonds is 11. The molecule has 0 saturated heterocycles. The fraction of sp³-hybridized carbons (Fsp3) is 0.0909. The molecule has 0 aliphatic carbocycles. The molecule has 0 atom stereocenters. The fourth-order valence-electron chi connectivity index (χ4n) is 4.59. The van der Waals surface area contributed by atoms with Crippen LogP contribution in [0.5, 0.6) is 17.2 Å². The number of aromatic nitrogens is 1. The number of aromatic hydroxyl groups is 1. The zero-order valence-electron chi connectivity index (χ0n) is 24.2. The van der Waals surface area contributed by atoms with Gasteiger partial charge in [-0.1, -0.05) is 41.4 Å². The van der Waals surface area contributed by atoms with Gasteiger partial charge >= 0.3 is 0 Å². The van der Waals surface area contributed by atoms with E-state index in [1.807, 2.05) is 0 Å². The van der Waals surface area contributed by atoms with Crippen molar-refractivity contribution in [3.05, 3.63) is 153 Å². The number of hydrogen-bond donors (Lipinski definition) is 2. The quantitative estimate of drug-likeness (QED) is 0.117. The molecule has 0 saturated carbocycles. The number of sulfonamides is 1. The minimum Gasteiger partial charge on any atom is -0.619 e. The molecule has 242 valence electrons. The van der Waals surface area contributed by atoms with E-state index < -0.39 is 38.2 Å². The first-order valence-corrected chi connectivity index (χ1v) is 16.0. The molecule has 1 amide bonds. The van der Waals surface area contributed by atoms with Crippen LogP contribution in [-0.2, 0) is 29.7 Å². The molecule has 0 aliphatic rings. The predicted octanol–water partition coefficient (Wildman–Crippen LogP) is 6.72. The van der Waals surface area contributed by atoms with Crippen molar-refractivity contribution in [1.29, 1.82) is 0 Å². The Hall–Kier alpha value is -4.75. The van der Waals surface area contributed by atoms with Crippen LogP contribution in [0.4, 0.5) is 8.78 Å². The SMILES string of the molecule is O=C(NCc1cc(CN(Cc2ccc(F)cc2)S(=O)(=O)c2cc(Cl)cc(Cl)c2O)cc(Oc2ccc(F)cc2)c1)c1ccc[n+]([O-])c1. The first kappa shape index (κ1) is 33.6. The third-order valence-electron chi connectivity index (χ3n) is 6.81. The lowest BCUT2D eigenvalue weighted by molar-refractivity contribution is -0.605. The molecule has 0 spiro atoms. The zero-order valence-corrected chi connectivity index (χ0v) is 26.6. The van der Waals surface area contributed by atoms with Crippen LogP contribution in [0.3, 0.4) is 0 Å². The van der Waals surface area contributed by atoms with Crippen LogP contribution in [0, 0.1) is 16.8 Å². The van der Waals surface area contributed by atoms with Crippen LogP contribution in [0.1, 0.15) is 27.0 Å². The van der Waals surface area contributed by atoms with Crippen molar-refractivity contribution in [2.45, 2.75) is 24.5 Å². The minimum atomic E-state index is -4.50. The summed E-state index contributed by atoms with van der Waals surface area (Å²) in [6, 6.07) is 20.4. The normalized spacial score (nSPS) is 11.4. The third-order valence-corrected chi connectivity index (χ3v) is 9.12. The number of nitrogens with zero attached hydrogens (tertiary/aromatic N) is 2. The van der Waals surface area contributed by atoms with Gasteiger partial charge in [0.2, 0.25) is 10.0 Å². The number of nitrogens with one attached hydrogen (secondary N) is 1. The Morgan fingerprint density at radius 1 is 0.872 bits per heavy atom. The summed E-state index contributed by atoms with van der Waals surface area (Å²) < 4.78 is 62.8. The molecule has 0 unspecified atom stereocenters. The summed E-state index contributed by atoms with van der Waals surface area (Å²) in [6.07, 6.45) is 2.35. The molecule has 14 heteroatoms. The van der Waals surface area contributed by atoms with Gasteiger partial charge in [-0.25, -0.2) is 17.2 Å². The summed E-state index contributed by atoms with van der Waals surface area (Å²) in [6.45, 7) is -0.584. The molecule has 1 aromatic heterocycles. The van der Waals surface area contributed by atoms with E-state index in [1.165, 1.54) is 72.9 Å². The number of halogens is 4. The van der Waals surface area contributed by atoms with E-state index in [9.17, 15) is 32.3 Å². The Morgan fingerprint density at radius 3 is 2.19 bits per heavy atom. The van der Waals surface area contributed by atoms with Crippen LogP contribution in [0.15, 0.2) is 108 Å². The van der Waals surface area contributed by atoms with Crippen molar-refractivity contribution >= 4 is 39.1 Å². The molecular formula is C33H25Cl2F2N3O6S. The topological polar surface area (TPSA) is 123 Å². The highest BCUT2D eigenvalue weighted by atomic mass is 35.5. The number of phenolic OH excluding ortho intramolecular Hbond substituents is 1. The molecule has 5 aromatic rings. The summed E-state index contributed by atoms with van der Waals surface area (Å²) in [4.78, 5) is 12.2. The Morgan fingerprint density at radius 2 is 1.51 bits per heavy atom. The molecule has 4 aromatic carbocycles. The van der Waals surface area contributed by atoms with Crippen molar-refractivity contribution in [2.75, 3.05) is 0 Å². The monoisotopic (exact) mass is 699 g/mol. The summed E-state index contributed by atoms with van der Waals surface area (Å²) in [5.41, 5.74) is 1.45. The van der Waals surface area contributed by atoms with Crippen molar-refractivity contribution in [3.8, 4) is 17.2 Å². The van der Waals surface area contributed by atoms with Crippen LogP contribution in [0.2, 0.25) is 10.0 Å². The van der Waals surface area contributed by atoms with E-state index in [0.29, 0.717) is 21.4 Å². The van der Waals surface area contributed by atoms with E-state index in [2.05, 4.69) is 5.32 Å². The number of phenols is 1. The highest BCUT2D eigenvalue weighted by molar-refractivity contribution is 7.89. The molecule has 0 aliphatic heterocycles. The maximum atomic E-state index is 14.0. The molecule has 2 N–H and O–H groups in total. The van der Waals surface area contributed by atoms with E-state index in [1.54, 1.807) is 18.2 Å². The lowest BCUT2D eigenvalue weighted by atomic mass is 10.1. The summed E-state index contributed by atoms with van der Waals surface area (Å²) in [5.74, 6) is -1.69. The molecule has 9 nitrogen and oxygen atoms in total. The van der Waals surface area contributed by atoms with Gasteiger partial charge in [-0.05, 0) is 83.4 Å². The number of benzene rings is 4. The van der Waals surface area contributed by atoms with Gasteiger partial charge in [0.25, 0.3) is 5.91 Å². The van der Waals surface area contributed by atoms with Gasteiger partial charge in [0.05, 0.1) is 5.02 Å². The van der Waals surface area contributed by atoms with Crippen molar-refractivity contribution in [2.24, 2.45) is 0 Å². The number of carbonyl (C=O) groups excluding carboxylic acids is 1. The zero-order chi connectivity index (χ0) is 33.7. The predicted molar refractivity (Wildman–Crippen MR) is 170 cm³/mol. The average Bonchev–Trinajstić information content (AvgIpc) is 3.03. The summed E-state index contributed by atoms with van der Waals surface area (Å²) in [5, 5.41) is 24.7. The van der Waals surface area contributed by atoms with Gasteiger partial charge in [0.1, 0.15) is 33.6 Å². The standard InChI is InChI=1S/C33H25Cl2F2N3O6S/c34-25-15-30(35)32(41)31(16-25)47(44,45)40(18-21-3-5-26(36)6-4-21)19-23-12-22(17-38-33(42)24-2-1-11-39(43)20-24)13-29(14-23)46-28-9-7-27(37)8-10-28/h1-16,20,41H,17-19H2,(H,38,42). The van der Waals surface area contributed by atoms with Gasteiger partial charge < -0.3 is 20.4 Å². The highest BCUT2D eigenvalue weighted by Crippen LogP contribution is 2.37. The van der Waals surface area contributed by atoms with Crippen LogP contribution in [0.25, 0.3) is 0 Å². The molecule has 0 fully saturated rings. The van der Waals surface area contributed by atoms with Crippen molar-refractivity contribution in [1.82, 2.24) is 9.62 Å². The number of pyridine rings is 1. The molecule has 0 radical (unpaired) electrons. The Labute approximate surface area is 278 Å². The smallest absolute Gasteiger partial charge is 0.257 e. The van der Waals surface area contributed by atoms with Crippen LogP contribution in [-0.4, -0.2) is 23.7 Å². The minimum absolute atomic E-state index is 0.0262. The summed E-state index contributed by atoms with van der Waals surface area (Å²) >= 11 is 12.2. The van der Waals surface area contributed by atoms with E-state index in [-0.39, 0.29) is 46.7 Å². The maximum absolute atomic E-state index is 14.0. The number of hydrogen-bond acceptors (Lipinski definition) is 6. The Balaban J connectivity index is 1.53. The number of amides is 1. The van der Waals surface area contributed by atoms with Gasteiger partial charge in [-0.15, -0.1) is 0 Å². The van der Waals surface area contributed by atoms with Gasteiger partial charge in [-0.3, -0.25) is 4.79 Å². The number of carbonyl (C=O) groups is 1. The van der Waals surface area contributed by atoms with Crippen molar-refractivity contribution < 1.29 is 36.6 Å². The van der Waals surface area contributed by atoms with E-state index >= 15 is 0 Å². The lowest BCUT2D eigenvalue weighted by Gasteiger charge is -2.24. The largest absolute Gasteiger partial charge is 0.619 e. The molecule has 5 rings (SSSR count). The van der Waals surface area contributed by atoms with Crippen LogP contribution >= 0.6 is 23.2 Å². The van der Waals surface area contributed by atoms with Crippen molar-refractivity contribution in [3.63, 3.8) is 0 Å². The van der Waals surface area contributed by atoms with Gasteiger partial charge in [0, 0.05) is 30.7 Å². The summed E-state index contributed by atoms with van der Waals surface area (Å²) in [7, 11) is -4.50. The van der Waals surface area contributed by atoms with E-state index in [0.717, 1.165) is 16.6 Å². The van der Waals surface area contributed by atoms with Crippen LogP contribution < -0.4 is 14.8 Å². The molecule has 1 heterocycles. The molecule has 0 bridgehead atoms. The third kappa shape index (κ3) is 8.54. The maximum Gasteiger partial charge on any atom is 0.257 e. The Bertz CT molecular complexity index is 2030. The fourth-order valence-corrected chi connectivity index (χ4v) is 6.75. The molecular weight excluding hydrogens is 675 g/mol. The van der Waals surface area contributed by atoms with Gasteiger partial charge in [0.15, 0.2) is 18.1 Å². The van der Waals surface area contributed by atoms with E-state index in [4.69, 9.17) is 27.9 Å². The lowest BCUT2D eigenvalue weighted by Crippen LogP contribution is -2.31. The highest BCUT2D eigenvalue weighted by Gasteiger charge is 2.30. The first-order chi connectivity index (χ1) is 22.4. The Kier molecular flexibility index (Phi) is 10.3. The second kappa shape index (κ2) is 14.3. The second-order valence-electron chi connectivity index (χ2n) is 10.3. The average molecular weight is 701 g/mol. The second-order valence-corrected chi connectivity index (χ2v) is 13.1. The molecule has 47 heavy (non-hydrogen) atoms.